The molecule has 4 aromatic rings. The van der Waals surface area contributed by atoms with E-state index in [9.17, 15) is 4.79 Å². The monoisotopic (exact) mass is 407 g/mol. The fraction of sp³-hybridized carbons (Fsp3) is 0.238. The van der Waals surface area contributed by atoms with Crippen LogP contribution in [0.1, 0.15) is 23.4 Å². The van der Waals surface area contributed by atoms with Gasteiger partial charge in [0.1, 0.15) is 0 Å². The van der Waals surface area contributed by atoms with Crippen LogP contribution in [0.5, 0.6) is 0 Å². The van der Waals surface area contributed by atoms with E-state index in [4.69, 9.17) is 4.52 Å². The molecule has 4 rings (SSSR count). The smallest absolute Gasteiger partial charge is 0.250 e. The average Bonchev–Trinajstić information content (AvgIpc) is 3.32. The van der Waals surface area contributed by atoms with E-state index in [0.29, 0.717) is 5.82 Å². The van der Waals surface area contributed by atoms with Crippen LogP contribution in [-0.4, -0.2) is 24.5 Å². The first-order valence-corrected chi connectivity index (χ1v) is 10.1. The topological polar surface area (TPSA) is 78.7 Å². The molecule has 0 aliphatic heterocycles. The lowest BCUT2D eigenvalue weighted by Gasteiger charge is -2.08. The van der Waals surface area contributed by atoms with Crippen molar-refractivity contribution >= 4 is 11.8 Å². The number of aryl methyl sites for hydroxylation is 2. The van der Waals surface area contributed by atoms with Gasteiger partial charge in [-0.25, -0.2) is 0 Å². The molecule has 0 amide bonds. The van der Waals surface area contributed by atoms with Crippen LogP contribution >= 0.6 is 11.8 Å². The van der Waals surface area contributed by atoms with Gasteiger partial charge in [-0.1, -0.05) is 40.7 Å². The van der Waals surface area contributed by atoms with Crippen LogP contribution < -0.4 is 5.56 Å². The third kappa shape index (κ3) is 3.88. The minimum Gasteiger partial charge on any atom is -0.356 e. The molecule has 1 atom stereocenters. The molecule has 0 N–H and O–H groups in total. The van der Waals surface area contributed by atoms with Crippen LogP contribution in [0, 0.1) is 6.92 Å². The third-order valence-corrected chi connectivity index (χ3v) is 5.89. The van der Waals surface area contributed by atoms with Gasteiger partial charge in [0.25, 0.3) is 5.56 Å². The first kappa shape index (κ1) is 19.2. The average molecular weight is 407 g/mol. The zero-order chi connectivity index (χ0) is 20.5. The maximum absolute atomic E-state index is 11.9. The second kappa shape index (κ2) is 7.71. The van der Waals surface area contributed by atoms with Crippen molar-refractivity contribution in [3.8, 4) is 22.7 Å². The number of benzene rings is 1. The van der Waals surface area contributed by atoms with E-state index in [-0.39, 0.29) is 10.8 Å². The van der Waals surface area contributed by atoms with Crippen molar-refractivity contribution in [2.45, 2.75) is 24.3 Å². The molecule has 7 nitrogen and oxygen atoms in total. The quantitative estimate of drug-likeness (QED) is 0.465. The van der Waals surface area contributed by atoms with Gasteiger partial charge in [-0.15, -0.1) is 10.2 Å². The normalized spacial score (nSPS) is 12.3. The molecule has 0 fully saturated rings. The molecule has 0 bridgehead atoms. The van der Waals surface area contributed by atoms with Crippen molar-refractivity contribution in [3.05, 3.63) is 70.3 Å². The summed E-state index contributed by atoms with van der Waals surface area (Å²) in [6.07, 6.45) is 1.73. The highest BCUT2D eigenvalue weighted by Crippen LogP contribution is 2.35. The predicted molar refractivity (Wildman–Crippen MR) is 113 cm³/mol. The lowest BCUT2D eigenvalue weighted by Crippen LogP contribution is -2.14. The highest BCUT2D eigenvalue weighted by Gasteiger charge is 2.19. The fourth-order valence-corrected chi connectivity index (χ4v) is 3.87. The molecule has 29 heavy (non-hydrogen) atoms. The molecular weight excluding hydrogens is 386 g/mol. The Balaban J connectivity index is 1.55. The van der Waals surface area contributed by atoms with Crippen molar-refractivity contribution in [1.29, 1.82) is 0 Å². The van der Waals surface area contributed by atoms with Gasteiger partial charge in [0.15, 0.2) is 16.7 Å². The van der Waals surface area contributed by atoms with Gasteiger partial charge in [-0.2, -0.15) is 0 Å². The van der Waals surface area contributed by atoms with Crippen molar-refractivity contribution in [2.24, 2.45) is 14.1 Å². The summed E-state index contributed by atoms with van der Waals surface area (Å²) in [5, 5.41) is 13.6. The summed E-state index contributed by atoms with van der Waals surface area (Å²) in [6, 6.07) is 13.5. The summed E-state index contributed by atoms with van der Waals surface area (Å²) < 4.78 is 8.96. The summed E-state index contributed by atoms with van der Waals surface area (Å²) >= 11 is 1.54. The first-order chi connectivity index (χ1) is 13.9. The maximum Gasteiger partial charge on any atom is 0.250 e. The van der Waals surface area contributed by atoms with E-state index in [0.717, 1.165) is 27.7 Å². The second-order valence-electron chi connectivity index (χ2n) is 6.98. The SMILES string of the molecule is Cc1cccc(-c2cc(C(C)Sc3nnc(-c4ccn(C)c(=O)c4)n3C)no2)c1. The first-order valence-electron chi connectivity index (χ1n) is 9.19. The maximum atomic E-state index is 11.9. The summed E-state index contributed by atoms with van der Waals surface area (Å²) in [5.74, 6) is 1.40. The van der Waals surface area contributed by atoms with E-state index >= 15 is 0 Å². The molecule has 1 aromatic carbocycles. The molecule has 0 aliphatic carbocycles. The Morgan fingerprint density at radius 1 is 1.07 bits per heavy atom. The fourth-order valence-electron chi connectivity index (χ4n) is 2.99. The molecule has 0 spiro atoms. The van der Waals surface area contributed by atoms with E-state index in [2.05, 4.69) is 28.3 Å². The van der Waals surface area contributed by atoms with E-state index in [1.54, 1.807) is 31.1 Å². The molecule has 1 unspecified atom stereocenters. The summed E-state index contributed by atoms with van der Waals surface area (Å²) in [4.78, 5) is 11.9. The van der Waals surface area contributed by atoms with Gasteiger partial charge < -0.3 is 13.7 Å². The van der Waals surface area contributed by atoms with Crippen molar-refractivity contribution in [2.75, 3.05) is 0 Å². The Labute approximate surface area is 172 Å². The number of rotatable bonds is 5. The Bertz CT molecular complexity index is 1220. The van der Waals surface area contributed by atoms with Crippen LogP contribution in [0.15, 0.2) is 63.1 Å². The Hall–Kier alpha value is -3.13. The molecule has 8 heteroatoms. The van der Waals surface area contributed by atoms with Crippen molar-refractivity contribution in [1.82, 2.24) is 24.5 Å². The lowest BCUT2D eigenvalue weighted by molar-refractivity contribution is 0.424. The summed E-state index contributed by atoms with van der Waals surface area (Å²) in [7, 11) is 3.61. The summed E-state index contributed by atoms with van der Waals surface area (Å²) in [5.41, 5.74) is 3.67. The number of nitrogens with zero attached hydrogens (tertiary/aromatic N) is 5. The molecule has 0 aliphatic rings. The number of hydrogen-bond acceptors (Lipinski definition) is 6. The van der Waals surface area contributed by atoms with Crippen LogP contribution in [0.25, 0.3) is 22.7 Å². The zero-order valence-electron chi connectivity index (χ0n) is 16.7. The van der Waals surface area contributed by atoms with Crippen LogP contribution in [0.3, 0.4) is 0 Å². The van der Waals surface area contributed by atoms with E-state index < -0.39 is 0 Å². The molecule has 148 valence electrons. The highest BCUT2D eigenvalue weighted by atomic mass is 32.2. The van der Waals surface area contributed by atoms with Gasteiger partial charge >= 0.3 is 0 Å². The number of hydrogen-bond donors (Lipinski definition) is 0. The summed E-state index contributed by atoms with van der Waals surface area (Å²) in [6.45, 7) is 4.10. The molecule has 0 saturated heterocycles. The highest BCUT2D eigenvalue weighted by molar-refractivity contribution is 7.99. The molecule has 0 radical (unpaired) electrons. The Morgan fingerprint density at radius 2 is 1.90 bits per heavy atom. The van der Waals surface area contributed by atoms with Crippen molar-refractivity contribution in [3.63, 3.8) is 0 Å². The van der Waals surface area contributed by atoms with E-state index in [1.165, 1.54) is 10.1 Å². The third-order valence-electron chi connectivity index (χ3n) is 4.73. The van der Waals surface area contributed by atoms with Crippen LogP contribution in [0.2, 0.25) is 0 Å². The number of pyridine rings is 1. The predicted octanol–water partition coefficient (Wildman–Crippen LogP) is 4.00. The van der Waals surface area contributed by atoms with Crippen LogP contribution in [-0.2, 0) is 14.1 Å². The van der Waals surface area contributed by atoms with Gasteiger partial charge in [-0.05, 0) is 26.0 Å². The van der Waals surface area contributed by atoms with Gasteiger partial charge in [0, 0.05) is 43.6 Å². The van der Waals surface area contributed by atoms with Gasteiger partial charge in [0.2, 0.25) is 0 Å². The van der Waals surface area contributed by atoms with Crippen LogP contribution in [0.4, 0.5) is 0 Å². The molecule has 3 heterocycles. The van der Waals surface area contributed by atoms with Gasteiger partial charge in [-0.3, -0.25) is 4.79 Å². The number of thioether (sulfide) groups is 1. The minimum atomic E-state index is -0.0839. The molecule has 0 saturated carbocycles. The minimum absolute atomic E-state index is 0.0247. The van der Waals surface area contributed by atoms with Crippen molar-refractivity contribution < 1.29 is 4.52 Å². The standard InChI is InChI=1S/C21H21N5O2S/c1-13-6-5-7-15(10-13)18-12-17(24-28-18)14(2)29-21-23-22-20(26(21)4)16-8-9-25(3)19(27)11-16/h5-12,14H,1-4H3. The molecule has 3 aromatic heterocycles. The Morgan fingerprint density at radius 3 is 2.66 bits per heavy atom. The molecular formula is C21H21N5O2S. The second-order valence-corrected chi connectivity index (χ2v) is 8.28. The van der Waals surface area contributed by atoms with Gasteiger partial charge in [0.05, 0.1) is 10.9 Å². The number of aromatic nitrogens is 5. The van der Waals surface area contributed by atoms with E-state index in [1.807, 2.05) is 48.9 Å². The zero-order valence-corrected chi connectivity index (χ0v) is 17.5. The Kier molecular flexibility index (Phi) is 5.10. The largest absolute Gasteiger partial charge is 0.356 e. The lowest BCUT2D eigenvalue weighted by atomic mass is 10.1.